The van der Waals surface area contributed by atoms with Crippen LogP contribution in [0.4, 0.5) is 0 Å². The number of nitrogens with two attached hydrogens (primary N) is 1. The quantitative estimate of drug-likeness (QED) is 0.764. The molecule has 0 aliphatic carbocycles. The highest BCUT2D eigenvalue weighted by Gasteiger charge is 2.34. The van der Waals surface area contributed by atoms with Crippen LogP contribution in [0.5, 0.6) is 0 Å². The zero-order chi connectivity index (χ0) is 10.9. The van der Waals surface area contributed by atoms with E-state index in [1.54, 1.807) is 0 Å². The number of hydrogen-bond donors (Lipinski definition) is 1. The third kappa shape index (κ3) is 2.52. The van der Waals surface area contributed by atoms with E-state index in [4.69, 9.17) is 10.5 Å². The Kier molecular flexibility index (Phi) is 3.33. The van der Waals surface area contributed by atoms with E-state index in [-0.39, 0.29) is 0 Å². The second-order valence-electron chi connectivity index (χ2n) is 5.65. The molecule has 3 heteroatoms. The Morgan fingerprint density at radius 2 is 2.33 bits per heavy atom. The molecule has 0 radical (unpaired) electrons. The fourth-order valence-corrected chi connectivity index (χ4v) is 2.80. The van der Waals surface area contributed by atoms with Crippen molar-refractivity contribution in [3.63, 3.8) is 0 Å². The van der Waals surface area contributed by atoms with Gasteiger partial charge < -0.3 is 10.5 Å². The van der Waals surface area contributed by atoms with Gasteiger partial charge in [-0.2, -0.15) is 0 Å². The average Bonchev–Trinajstić information content (AvgIpc) is 2.76. The van der Waals surface area contributed by atoms with Crippen molar-refractivity contribution >= 4 is 0 Å². The maximum atomic E-state index is 6.26. The minimum Gasteiger partial charge on any atom is -0.381 e. The summed E-state index contributed by atoms with van der Waals surface area (Å²) in [5, 5.41) is 0. The van der Waals surface area contributed by atoms with Gasteiger partial charge in [0.25, 0.3) is 0 Å². The standard InChI is InChI=1S/C12H24N2O/c1-12(2)5-3-6-14(12)8-11(13)10-4-7-15-9-10/h10-11H,3-9,13H2,1-2H3. The van der Waals surface area contributed by atoms with Gasteiger partial charge in [-0.05, 0) is 39.7 Å². The van der Waals surface area contributed by atoms with Crippen LogP contribution >= 0.6 is 0 Å². The summed E-state index contributed by atoms with van der Waals surface area (Å²) in [5.41, 5.74) is 6.62. The zero-order valence-corrected chi connectivity index (χ0v) is 10.0. The largest absolute Gasteiger partial charge is 0.381 e. The highest BCUT2D eigenvalue weighted by Crippen LogP contribution is 2.29. The van der Waals surface area contributed by atoms with Crippen molar-refractivity contribution in [2.24, 2.45) is 11.7 Å². The number of ether oxygens (including phenoxy) is 1. The van der Waals surface area contributed by atoms with Crippen molar-refractivity contribution in [3.8, 4) is 0 Å². The molecule has 2 aliphatic heterocycles. The van der Waals surface area contributed by atoms with E-state index < -0.39 is 0 Å². The Labute approximate surface area is 93.0 Å². The lowest BCUT2D eigenvalue weighted by Crippen LogP contribution is -2.48. The van der Waals surface area contributed by atoms with Gasteiger partial charge in [-0.25, -0.2) is 0 Å². The monoisotopic (exact) mass is 212 g/mol. The Bertz CT molecular complexity index is 212. The molecule has 2 heterocycles. The van der Waals surface area contributed by atoms with Crippen LogP contribution in [-0.2, 0) is 4.74 Å². The van der Waals surface area contributed by atoms with Crippen LogP contribution in [0.25, 0.3) is 0 Å². The topological polar surface area (TPSA) is 38.5 Å². The molecule has 0 saturated carbocycles. The summed E-state index contributed by atoms with van der Waals surface area (Å²) in [6.45, 7) is 8.70. The van der Waals surface area contributed by atoms with Gasteiger partial charge in [0.15, 0.2) is 0 Å². The molecule has 0 aromatic rings. The van der Waals surface area contributed by atoms with Crippen LogP contribution < -0.4 is 5.73 Å². The van der Waals surface area contributed by atoms with E-state index in [2.05, 4.69) is 18.7 Å². The summed E-state index contributed by atoms with van der Waals surface area (Å²) >= 11 is 0. The lowest BCUT2D eigenvalue weighted by Gasteiger charge is -2.34. The smallest absolute Gasteiger partial charge is 0.0510 e. The van der Waals surface area contributed by atoms with E-state index in [9.17, 15) is 0 Å². The summed E-state index contributed by atoms with van der Waals surface area (Å²) in [6.07, 6.45) is 3.78. The molecule has 0 aromatic carbocycles. The molecular weight excluding hydrogens is 188 g/mol. The van der Waals surface area contributed by atoms with Crippen LogP contribution in [0.1, 0.15) is 33.1 Å². The van der Waals surface area contributed by atoms with Gasteiger partial charge in [-0.1, -0.05) is 0 Å². The van der Waals surface area contributed by atoms with Gasteiger partial charge in [-0.3, -0.25) is 4.90 Å². The maximum Gasteiger partial charge on any atom is 0.0510 e. The predicted octanol–water partition coefficient (Wildman–Crippen LogP) is 1.22. The van der Waals surface area contributed by atoms with Crippen LogP contribution in [0.2, 0.25) is 0 Å². The molecule has 2 saturated heterocycles. The first kappa shape index (κ1) is 11.4. The minimum absolute atomic E-state index is 0.296. The molecule has 2 unspecified atom stereocenters. The fraction of sp³-hybridized carbons (Fsp3) is 1.00. The second-order valence-corrected chi connectivity index (χ2v) is 5.65. The lowest BCUT2D eigenvalue weighted by molar-refractivity contribution is 0.139. The van der Waals surface area contributed by atoms with E-state index in [1.807, 2.05) is 0 Å². The van der Waals surface area contributed by atoms with Crippen molar-refractivity contribution in [1.82, 2.24) is 4.90 Å². The van der Waals surface area contributed by atoms with Gasteiger partial charge >= 0.3 is 0 Å². The van der Waals surface area contributed by atoms with Gasteiger partial charge in [0.05, 0.1) is 6.61 Å². The van der Waals surface area contributed by atoms with Gasteiger partial charge in [-0.15, -0.1) is 0 Å². The fourth-order valence-electron chi connectivity index (χ4n) is 2.80. The third-order valence-electron chi connectivity index (χ3n) is 4.07. The van der Waals surface area contributed by atoms with Gasteiger partial charge in [0, 0.05) is 30.7 Å². The molecule has 2 fully saturated rings. The van der Waals surface area contributed by atoms with Gasteiger partial charge in [0.2, 0.25) is 0 Å². The van der Waals surface area contributed by atoms with Crippen molar-refractivity contribution in [2.75, 3.05) is 26.3 Å². The summed E-state index contributed by atoms with van der Waals surface area (Å²) < 4.78 is 5.40. The first-order valence-corrected chi connectivity index (χ1v) is 6.18. The summed E-state index contributed by atoms with van der Waals surface area (Å²) in [7, 11) is 0. The molecule has 3 nitrogen and oxygen atoms in total. The van der Waals surface area contributed by atoms with Crippen molar-refractivity contribution < 1.29 is 4.74 Å². The molecule has 15 heavy (non-hydrogen) atoms. The molecule has 2 N–H and O–H groups in total. The first-order chi connectivity index (χ1) is 7.09. The minimum atomic E-state index is 0.296. The molecule has 0 spiro atoms. The number of rotatable bonds is 3. The van der Waals surface area contributed by atoms with Crippen molar-refractivity contribution in [1.29, 1.82) is 0 Å². The Balaban J connectivity index is 1.85. The Morgan fingerprint density at radius 1 is 1.53 bits per heavy atom. The molecule has 0 bridgehead atoms. The number of likely N-dealkylation sites (tertiary alicyclic amines) is 1. The molecular formula is C12H24N2O. The van der Waals surface area contributed by atoms with E-state index in [1.165, 1.54) is 19.4 Å². The van der Waals surface area contributed by atoms with Crippen LogP contribution in [0.3, 0.4) is 0 Å². The van der Waals surface area contributed by atoms with Crippen molar-refractivity contribution in [3.05, 3.63) is 0 Å². The molecule has 2 aliphatic rings. The van der Waals surface area contributed by atoms with Crippen molar-refractivity contribution in [2.45, 2.75) is 44.7 Å². The molecule has 0 aromatic heterocycles. The van der Waals surface area contributed by atoms with E-state index in [0.717, 1.165) is 26.2 Å². The Morgan fingerprint density at radius 3 is 2.87 bits per heavy atom. The molecule has 88 valence electrons. The zero-order valence-electron chi connectivity index (χ0n) is 10.0. The molecule has 2 rings (SSSR count). The lowest BCUT2D eigenvalue weighted by atomic mass is 9.97. The summed E-state index contributed by atoms with van der Waals surface area (Å²) in [5.74, 6) is 0.585. The molecule has 2 atom stereocenters. The normalized spacial score (nSPS) is 33.4. The van der Waals surface area contributed by atoms with E-state index in [0.29, 0.717) is 17.5 Å². The third-order valence-corrected chi connectivity index (χ3v) is 4.07. The summed E-state index contributed by atoms with van der Waals surface area (Å²) in [4.78, 5) is 2.55. The second kappa shape index (κ2) is 4.40. The van der Waals surface area contributed by atoms with E-state index >= 15 is 0 Å². The highest BCUT2D eigenvalue weighted by molar-refractivity contribution is 4.91. The number of hydrogen-bond acceptors (Lipinski definition) is 3. The average molecular weight is 212 g/mol. The van der Waals surface area contributed by atoms with Crippen LogP contribution in [0, 0.1) is 5.92 Å². The van der Waals surface area contributed by atoms with Crippen LogP contribution in [0.15, 0.2) is 0 Å². The highest BCUT2D eigenvalue weighted by atomic mass is 16.5. The molecule has 0 amide bonds. The van der Waals surface area contributed by atoms with Crippen LogP contribution in [-0.4, -0.2) is 42.8 Å². The Hall–Kier alpha value is -0.120. The summed E-state index contributed by atoms with van der Waals surface area (Å²) in [6, 6.07) is 0.296. The maximum absolute atomic E-state index is 6.26. The predicted molar refractivity (Wildman–Crippen MR) is 61.8 cm³/mol. The van der Waals surface area contributed by atoms with Gasteiger partial charge in [0.1, 0.15) is 0 Å². The first-order valence-electron chi connectivity index (χ1n) is 6.18. The SMILES string of the molecule is CC1(C)CCCN1CC(N)C1CCOC1. The number of nitrogens with zero attached hydrogens (tertiary/aromatic N) is 1.